The van der Waals surface area contributed by atoms with E-state index in [9.17, 15) is 0 Å². The lowest BCUT2D eigenvalue weighted by molar-refractivity contribution is 0.808. The largest absolute Gasteiger partial charge is 0.282 e. The number of nitrogens with one attached hydrogen (secondary N) is 1. The summed E-state index contributed by atoms with van der Waals surface area (Å²) in [6, 6.07) is 0. The van der Waals surface area contributed by atoms with Crippen LogP contribution in [0.4, 0.5) is 0 Å². The summed E-state index contributed by atoms with van der Waals surface area (Å²) in [5.74, 6) is 0.487. The summed E-state index contributed by atoms with van der Waals surface area (Å²) in [6.45, 7) is 8.38. The van der Waals surface area contributed by atoms with Gasteiger partial charge in [0.2, 0.25) is 0 Å². The van der Waals surface area contributed by atoms with Crippen LogP contribution in [0.25, 0.3) is 6.08 Å². The number of aromatic nitrogens is 2. The standard InChI is InChI=1S/C10H16N2/c1-5-6-9-8(4)11-12-10(9)7(2)3/h5-7H,1-4H3,(H,11,12)/b6-5+. The minimum atomic E-state index is 0.487. The number of hydrogen-bond acceptors (Lipinski definition) is 1. The number of aryl methyl sites for hydroxylation is 1. The van der Waals surface area contributed by atoms with Crippen molar-refractivity contribution in [2.24, 2.45) is 0 Å². The maximum absolute atomic E-state index is 4.26. The Morgan fingerprint density at radius 1 is 1.42 bits per heavy atom. The van der Waals surface area contributed by atoms with E-state index in [0.717, 1.165) is 11.4 Å². The molecule has 0 aliphatic rings. The fraction of sp³-hybridized carbons (Fsp3) is 0.500. The highest BCUT2D eigenvalue weighted by atomic mass is 15.1. The highest BCUT2D eigenvalue weighted by Gasteiger charge is 2.09. The fourth-order valence-electron chi connectivity index (χ4n) is 1.27. The summed E-state index contributed by atoms with van der Waals surface area (Å²) in [7, 11) is 0. The van der Waals surface area contributed by atoms with E-state index in [0.29, 0.717) is 5.92 Å². The number of allylic oxidation sites excluding steroid dienone is 1. The van der Waals surface area contributed by atoms with Gasteiger partial charge < -0.3 is 0 Å². The van der Waals surface area contributed by atoms with Crippen molar-refractivity contribution in [3.8, 4) is 0 Å². The molecule has 2 nitrogen and oxygen atoms in total. The lowest BCUT2D eigenvalue weighted by Crippen LogP contribution is -1.90. The van der Waals surface area contributed by atoms with Gasteiger partial charge in [0, 0.05) is 11.3 Å². The molecule has 12 heavy (non-hydrogen) atoms. The Morgan fingerprint density at radius 3 is 2.58 bits per heavy atom. The quantitative estimate of drug-likeness (QED) is 0.715. The van der Waals surface area contributed by atoms with Crippen LogP contribution >= 0.6 is 0 Å². The molecular weight excluding hydrogens is 148 g/mol. The van der Waals surface area contributed by atoms with Gasteiger partial charge in [0.1, 0.15) is 0 Å². The zero-order valence-corrected chi connectivity index (χ0v) is 8.18. The Bertz CT molecular complexity index is 282. The van der Waals surface area contributed by atoms with Gasteiger partial charge in [0.05, 0.1) is 5.69 Å². The van der Waals surface area contributed by atoms with Gasteiger partial charge in [-0.15, -0.1) is 0 Å². The van der Waals surface area contributed by atoms with Gasteiger partial charge in [-0.05, 0) is 19.8 Å². The van der Waals surface area contributed by atoms with Crippen molar-refractivity contribution in [1.29, 1.82) is 0 Å². The topological polar surface area (TPSA) is 28.7 Å². The number of hydrogen-bond donors (Lipinski definition) is 1. The highest BCUT2D eigenvalue weighted by Crippen LogP contribution is 2.20. The summed E-state index contributed by atoms with van der Waals surface area (Å²) in [5, 5.41) is 7.26. The van der Waals surface area contributed by atoms with E-state index < -0.39 is 0 Å². The molecule has 0 aliphatic heterocycles. The third-order valence-electron chi connectivity index (χ3n) is 1.90. The summed E-state index contributed by atoms with van der Waals surface area (Å²) < 4.78 is 0. The molecule has 0 aliphatic carbocycles. The van der Waals surface area contributed by atoms with E-state index in [2.05, 4.69) is 30.1 Å². The maximum atomic E-state index is 4.26. The van der Waals surface area contributed by atoms with Crippen molar-refractivity contribution in [1.82, 2.24) is 10.2 Å². The predicted molar refractivity (Wildman–Crippen MR) is 52.1 cm³/mol. The fourth-order valence-corrected chi connectivity index (χ4v) is 1.27. The van der Waals surface area contributed by atoms with Gasteiger partial charge in [0.25, 0.3) is 0 Å². The SMILES string of the molecule is C/C=C/c1c(C(C)C)n[nH]c1C. The van der Waals surface area contributed by atoms with Gasteiger partial charge >= 0.3 is 0 Å². The molecule has 1 aromatic rings. The average Bonchev–Trinajstić information content (AvgIpc) is 2.34. The Labute approximate surface area is 73.7 Å². The molecule has 0 unspecified atom stereocenters. The summed E-state index contributed by atoms with van der Waals surface area (Å²) >= 11 is 0. The average molecular weight is 164 g/mol. The summed E-state index contributed by atoms with van der Waals surface area (Å²) in [6.07, 6.45) is 4.15. The van der Waals surface area contributed by atoms with Gasteiger partial charge in [-0.2, -0.15) is 5.10 Å². The normalized spacial score (nSPS) is 11.8. The van der Waals surface area contributed by atoms with Crippen LogP contribution in [0.1, 0.15) is 43.6 Å². The number of nitrogens with zero attached hydrogens (tertiary/aromatic N) is 1. The van der Waals surface area contributed by atoms with Crippen molar-refractivity contribution in [2.75, 3.05) is 0 Å². The molecule has 1 aromatic heterocycles. The van der Waals surface area contributed by atoms with Gasteiger partial charge in [0.15, 0.2) is 0 Å². The molecule has 0 bridgehead atoms. The van der Waals surface area contributed by atoms with Crippen LogP contribution < -0.4 is 0 Å². The van der Waals surface area contributed by atoms with Crippen molar-refractivity contribution in [3.05, 3.63) is 23.0 Å². The molecule has 1 N–H and O–H groups in total. The molecule has 0 saturated carbocycles. The molecule has 0 atom stereocenters. The van der Waals surface area contributed by atoms with E-state index in [1.54, 1.807) is 0 Å². The van der Waals surface area contributed by atoms with Gasteiger partial charge in [-0.25, -0.2) is 0 Å². The molecule has 0 radical (unpaired) electrons. The van der Waals surface area contributed by atoms with Gasteiger partial charge in [-0.1, -0.05) is 26.0 Å². The molecule has 0 fully saturated rings. The van der Waals surface area contributed by atoms with Crippen LogP contribution in [0.5, 0.6) is 0 Å². The Kier molecular flexibility index (Phi) is 2.69. The second kappa shape index (κ2) is 3.57. The van der Waals surface area contributed by atoms with Crippen molar-refractivity contribution in [2.45, 2.75) is 33.6 Å². The molecule has 1 rings (SSSR count). The summed E-state index contributed by atoms with van der Waals surface area (Å²) in [4.78, 5) is 0. The maximum Gasteiger partial charge on any atom is 0.0722 e. The molecule has 0 saturated heterocycles. The smallest absolute Gasteiger partial charge is 0.0722 e. The minimum Gasteiger partial charge on any atom is -0.282 e. The van der Waals surface area contributed by atoms with Crippen LogP contribution in [0.15, 0.2) is 6.08 Å². The highest BCUT2D eigenvalue weighted by molar-refractivity contribution is 5.54. The Balaban J connectivity index is 3.12. The second-order valence-electron chi connectivity index (χ2n) is 3.30. The molecule has 0 amide bonds. The molecule has 0 aromatic carbocycles. The lowest BCUT2D eigenvalue weighted by Gasteiger charge is -2.00. The van der Waals surface area contributed by atoms with Gasteiger partial charge in [-0.3, -0.25) is 5.10 Å². The van der Waals surface area contributed by atoms with Crippen LogP contribution in [-0.2, 0) is 0 Å². The minimum absolute atomic E-state index is 0.487. The first-order valence-corrected chi connectivity index (χ1v) is 4.34. The van der Waals surface area contributed by atoms with Crippen molar-refractivity contribution >= 4 is 6.08 Å². The van der Waals surface area contributed by atoms with E-state index in [-0.39, 0.29) is 0 Å². The molecule has 2 heteroatoms. The molecule has 66 valence electrons. The number of rotatable bonds is 2. The van der Waals surface area contributed by atoms with Crippen LogP contribution in [0, 0.1) is 6.92 Å². The number of aromatic amines is 1. The van der Waals surface area contributed by atoms with E-state index in [4.69, 9.17) is 0 Å². The first-order chi connectivity index (χ1) is 5.66. The Morgan fingerprint density at radius 2 is 2.08 bits per heavy atom. The van der Waals surface area contributed by atoms with Crippen LogP contribution in [-0.4, -0.2) is 10.2 Å². The van der Waals surface area contributed by atoms with E-state index in [1.165, 1.54) is 5.56 Å². The Hall–Kier alpha value is -1.05. The summed E-state index contributed by atoms with van der Waals surface area (Å²) in [5.41, 5.74) is 3.55. The lowest BCUT2D eigenvalue weighted by atomic mass is 10.0. The first-order valence-electron chi connectivity index (χ1n) is 4.34. The third kappa shape index (κ3) is 1.58. The molecule has 1 heterocycles. The molecule has 0 spiro atoms. The van der Waals surface area contributed by atoms with E-state index >= 15 is 0 Å². The van der Waals surface area contributed by atoms with Crippen molar-refractivity contribution in [3.63, 3.8) is 0 Å². The molecular formula is C10H16N2. The zero-order chi connectivity index (χ0) is 9.14. The number of H-pyrrole nitrogens is 1. The first kappa shape index (κ1) is 9.04. The van der Waals surface area contributed by atoms with E-state index in [1.807, 2.05) is 19.9 Å². The zero-order valence-electron chi connectivity index (χ0n) is 8.18. The third-order valence-corrected chi connectivity index (χ3v) is 1.90. The monoisotopic (exact) mass is 164 g/mol. The predicted octanol–water partition coefficient (Wildman–Crippen LogP) is 2.87. The van der Waals surface area contributed by atoms with Crippen LogP contribution in [0.2, 0.25) is 0 Å². The van der Waals surface area contributed by atoms with Crippen molar-refractivity contribution < 1.29 is 0 Å². The van der Waals surface area contributed by atoms with Crippen LogP contribution in [0.3, 0.4) is 0 Å². The second-order valence-corrected chi connectivity index (χ2v) is 3.30.